The SMILES string of the molecule is C=C(C)CC.CCC.CCC/C(=C(/C)c1cc(C(F)(F)F)cc(C(F)(F)F)c1)c1ccccc1C. The molecule has 0 fully saturated rings. The van der Waals surface area contributed by atoms with Crippen molar-refractivity contribution in [2.75, 3.05) is 0 Å². The topological polar surface area (TPSA) is 0 Å². The monoisotopic (exact) mass is 500 g/mol. The molecule has 0 heterocycles. The minimum atomic E-state index is -4.86. The van der Waals surface area contributed by atoms with Crippen molar-refractivity contribution in [3.05, 3.63) is 82.4 Å². The lowest BCUT2D eigenvalue weighted by Gasteiger charge is -2.18. The fourth-order valence-corrected chi connectivity index (χ4v) is 3.03. The quantitative estimate of drug-likeness (QED) is 0.218. The van der Waals surface area contributed by atoms with Crippen LogP contribution in [0.25, 0.3) is 11.1 Å². The predicted molar refractivity (Wildman–Crippen MR) is 136 cm³/mol. The van der Waals surface area contributed by atoms with Crippen LogP contribution >= 0.6 is 0 Å². The summed E-state index contributed by atoms with van der Waals surface area (Å²) in [6.45, 7) is 17.4. The molecule has 6 heteroatoms. The van der Waals surface area contributed by atoms with E-state index >= 15 is 0 Å². The van der Waals surface area contributed by atoms with E-state index in [9.17, 15) is 26.3 Å². The highest BCUT2D eigenvalue weighted by molar-refractivity contribution is 5.91. The van der Waals surface area contributed by atoms with Gasteiger partial charge in [-0.3, -0.25) is 0 Å². The molecular formula is C29H38F6. The van der Waals surface area contributed by atoms with Gasteiger partial charge in [0.25, 0.3) is 0 Å². The number of hydrogen-bond donors (Lipinski definition) is 0. The van der Waals surface area contributed by atoms with Crippen LogP contribution in [0.5, 0.6) is 0 Å². The van der Waals surface area contributed by atoms with E-state index in [1.807, 2.05) is 39.0 Å². The predicted octanol–water partition coefficient (Wildman–Crippen LogP) is 11.2. The highest BCUT2D eigenvalue weighted by Crippen LogP contribution is 2.39. The molecule has 0 aliphatic rings. The van der Waals surface area contributed by atoms with E-state index in [0.29, 0.717) is 18.4 Å². The smallest absolute Gasteiger partial charge is 0.166 e. The van der Waals surface area contributed by atoms with Crippen molar-refractivity contribution in [3.63, 3.8) is 0 Å². The minimum absolute atomic E-state index is 0.0659. The maximum absolute atomic E-state index is 13.2. The van der Waals surface area contributed by atoms with E-state index in [-0.39, 0.29) is 11.6 Å². The van der Waals surface area contributed by atoms with Gasteiger partial charge in [0.2, 0.25) is 0 Å². The van der Waals surface area contributed by atoms with Crippen LogP contribution in [0.4, 0.5) is 26.3 Å². The van der Waals surface area contributed by atoms with Gasteiger partial charge in [0, 0.05) is 0 Å². The number of alkyl halides is 6. The Balaban J connectivity index is 0.00000126. The second-order valence-electron chi connectivity index (χ2n) is 8.48. The van der Waals surface area contributed by atoms with Gasteiger partial charge in [0.1, 0.15) is 0 Å². The summed E-state index contributed by atoms with van der Waals surface area (Å²) in [7, 11) is 0. The van der Waals surface area contributed by atoms with Crippen molar-refractivity contribution in [1.82, 2.24) is 0 Å². The first-order chi connectivity index (χ1) is 16.1. The van der Waals surface area contributed by atoms with Crippen LogP contribution in [0.1, 0.15) is 95.0 Å². The van der Waals surface area contributed by atoms with Crippen molar-refractivity contribution >= 4 is 11.1 Å². The van der Waals surface area contributed by atoms with Crippen LogP contribution in [-0.4, -0.2) is 0 Å². The lowest BCUT2D eigenvalue weighted by atomic mass is 9.89. The summed E-state index contributed by atoms with van der Waals surface area (Å²) in [4.78, 5) is 0. The summed E-state index contributed by atoms with van der Waals surface area (Å²) < 4.78 is 78.9. The fraction of sp³-hybridized carbons (Fsp3) is 0.448. The van der Waals surface area contributed by atoms with Crippen molar-refractivity contribution < 1.29 is 26.3 Å². The summed E-state index contributed by atoms with van der Waals surface area (Å²) >= 11 is 0. The zero-order valence-corrected chi connectivity index (χ0v) is 21.8. The third-order valence-corrected chi connectivity index (χ3v) is 5.05. The Kier molecular flexibility index (Phi) is 13.7. The Morgan fingerprint density at radius 1 is 0.800 bits per heavy atom. The molecule has 0 aliphatic carbocycles. The maximum atomic E-state index is 13.2. The number of hydrogen-bond acceptors (Lipinski definition) is 0. The Labute approximate surface area is 206 Å². The van der Waals surface area contributed by atoms with Crippen LogP contribution in [0, 0.1) is 6.92 Å². The average Bonchev–Trinajstić information content (AvgIpc) is 2.77. The Hall–Kier alpha value is -2.50. The number of rotatable bonds is 5. The third-order valence-electron chi connectivity index (χ3n) is 5.05. The Bertz CT molecular complexity index is 930. The van der Waals surface area contributed by atoms with Crippen LogP contribution in [-0.2, 0) is 12.4 Å². The summed E-state index contributed by atoms with van der Waals surface area (Å²) in [6.07, 6.45) is -6.09. The molecule has 0 aliphatic heterocycles. The van der Waals surface area contributed by atoms with E-state index in [1.165, 1.54) is 12.0 Å². The molecule has 196 valence electrons. The van der Waals surface area contributed by atoms with Crippen LogP contribution in [0.15, 0.2) is 54.6 Å². The molecule has 0 bridgehead atoms. The lowest BCUT2D eigenvalue weighted by molar-refractivity contribution is -0.143. The van der Waals surface area contributed by atoms with Gasteiger partial charge in [-0.25, -0.2) is 0 Å². The molecule has 0 saturated heterocycles. The summed E-state index contributed by atoms with van der Waals surface area (Å²) in [6, 6.07) is 9.08. The van der Waals surface area contributed by atoms with Gasteiger partial charge in [0.05, 0.1) is 11.1 Å². The molecule has 0 nitrogen and oxygen atoms in total. The lowest BCUT2D eigenvalue weighted by Crippen LogP contribution is -2.11. The normalized spacial score (nSPS) is 12.0. The minimum Gasteiger partial charge on any atom is -0.166 e. The molecule has 0 aromatic heterocycles. The molecule has 0 amide bonds. The molecule has 0 N–H and O–H groups in total. The second kappa shape index (κ2) is 14.8. The number of aryl methyl sites for hydroxylation is 1. The zero-order chi connectivity index (χ0) is 27.4. The average molecular weight is 501 g/mol. The highest BCUT2D eigenvalue weighted by atomic mass is 19.4. The van der Waals surface area contributed by atoms with E-state index in [0.717, 1.165) is 35.3 Å². The molecule has 35 heavy (non-hydrogen) atoms. The number of benzene rings is 2. The van der Waals surface area contributed by atoms with Crippen molar-refractivity contribution in [2.45, 2.75) is 86.5 Å². The van der Waals surface area contributed by atoms with E-state index < -0.39 is 23.5 Å². The summed E-state index contributed by atoms with van der Waals surface area (Å²) in [5.74, 6) is 0. The van der Waals surface area contributed by atoms with Gasteiger partial charge < -0.3 is 0 Å². The van der Waals surface area contributed by atoms with Gasteiger partial charge in [0.15, 0.2) is 0 Å². The maximum Gasteiger partial charge on any atom is 0.416 e. The largest absolute Gasteiger partial charge is 0.416 e. The van der Waals surface area contributed by atoms with Crippen molar-refractivity contribution in [1.29, 1.82) is 0 Å². The molecule has 0 radical (unpaired) electrons. The Morgan fingerprint density at radius 3 is 1.57 bits per heavy atom. The van der Waals surface area contributed by atoms with Gasteiger partial charge >= 0.3 is 12.4 Å². The van der Waals surface area contributed by atoms with Crippen molar-refractivity contribution in [3.8, 4) is 0 Å². The van der Waals surface area contributed by atoms with Crippen molar-refractivity contribution in [2.24, 2.45) is 0 Å². The molecule has 2 rings (SSSR count). The highest BCUT2D eigenvalue weighted by Gasteiger charge is 2.37. The van der Waals surface area contributed by atoms with Crippen LogP contribution in [0.2, 0.25) is 0 Å². The van der Waals surface area contributed by atoms with Crippen LogP contribution in [0.3, 0.4) is 0 Å². The third kappa shape index (κ3) is 11.2. The number of halogens is 6. The van der Waals surface area contributed by atoms with E-state index in [4.69, 9.17) is 0 Å². The summed E-state index contributed by atoms with van der Waals surface area (Å²) in [5.41, 5.74) is 1.52. The Morgan fingerprint density at radius 2 is 1.23 bits per heavy atom. The molecule has 0 atom stereocenters. The molecule has 0 unspecified atom stereocenters. The first-order valence-corrected chi connectivity index (χ1v) is 11.8. The molecule has 2 aromatic rings. The number of allylic oxidation sites excluding steroid dienone is 3. The first-order valence-electron chi connectivity index (χ1n) is 11.8. The van der Waals surface area contributed by atoms with E-state index in [1.54, 1.807) is 13.0 Å². The molecule has 0 saturated carbocycles. The molecule has 0 spiro atoms. The van der Waals surface area contributed by atoms with Gasteiger partial charge in [-0.05, 0) is 79.6 Å². The van der Waals surface area contributed by atoms with Gasteiger partial charge in [-0.1, -0.05) is 70.4 Å². The van der Waals surface area contributed by atoms with Gasteiger partial charge in [-0.15, -0.1) is 6.58 Å². The first kappa shape index (κ1) is 32.5. The molecular weight excluding hydrogens is 462 g/mol. The fourth-order valence-electron chi connectivity index (χ4n) is 3.03. The van der Waals surface area contributed by atoms with Gasteiger partial charge in [-0.2, -0.15) is 26.3 Å². The summed E-state index contributed by atoms with van der Waals surface area (Å²) in [5, 5.41) is 0. The second-order valence-corrected chi connectivity index (χ2v) is 8.48. The zero-order valence-electron chi connectivity index (χ0n) is 21.8. The van der Waals surface area contributed by atoms with E-state index in [2.05, 4.69) is 27.4 Å². The van der Waals surface area contributed by atoms with Crippen LogP contribution < -0.4 is 0 Å². The standard InChI is InChI=1S/C21H20F6.C5H10.C3H8/c1-4-7-19(18-9-6-5-8-13(18)2)14(3)15-10-16(20(22,23)24)12-17(11-15)21(25,26)27;1-4-5(2)3;1-3-2/h5-6,8-12H,4,7H2,1-3H3;2,4H2,1,3H3;3H2,1-2H3/b19-14+;;. The molecule has 2 aromatic carbocycles.